The average molecular weight is 309 g/mol. The Labute approximate surface area is 116 Å². The highest BCUT2D eigenvalue weighted by molar-refractivity contribution is 9.10. The SMILES string of the molecule is Cc1cc(Br)ccc1N1CCC(NC2CC2)C1=O. The standard InChI is InChI=1S/C14H17BrN2O/c1-9-8-10(15)2-5-13(9)17-7-6-12(14(17)18)16-11-3-4-11/h2,5,8,11-12,16H,3-4,6-7H2,1H3. The lowest BCUT2D eigenvalue weighted by Crippen LogP contribution is -2.39. The summed E-state index contributed by atoms with van der Waals surface area (Å²) in [7, 11) is 0. The number of hydrogen-bond donors (Lipinski definition) is 1. The molecule has 4 heteroatoms. The van der Waals surface area contributed by atoms with Gasteiger partial charge in [0.15, 0.2) is 0 Å². The lowest BCUT2D eigenvalue weighted by Gasteiger charge is -2.19. The fraction of sp³-hybridized carbons (Fsp3) is 0.500. The highest BCUT2D eigenvalue weighted by atomic mass is 79.9. The number of amides is 1. The number of carbonyl (C=O) groups excluding carboxylic acids is 1. The third-order valence-corrected chi connectivity index (χ3v) is 4.16. The highest BCUT2D eigenvalue weighted by Gasteiger charge is 2.36. The molecule has 96 valence electrons. The van der Waals surface area contributed by atoms with E-state index in [9.17, 15) is 4.79 Å². The molecular formula is C14H17BrN2O. The van der Waals surface area contributed by atoms with Gasteiger partial charge in [-0.2, -0.15) is 0 Å². The summed E-state index contributed by atoms with van der Waals surface area (Å²) in [6, 6.07) is 6.70. The van der Waals surface area contributed by atoms with Crippen LogP contribution in [0.5, 0.6) is 0 Å². The second-order valence-corrected chi connectivity index (χ2v) is 6.12. The quantitative estimate of drug-likeness (QED) is 0.931. The molecule has 2 aliphatic rings. The van der Waals surface area contributed by atoms with Crippen molar-refractivity contribution < 1.29 is 4.79 Å². The van der Waals surface area contributed by atoms with Crippen LogP contribution < -0.4 is 10.2 Å². The smallest absolute Gasteiger partial charge is 0.244 e. The minimum atomic E-state index is 0.0283. The summed E-state index contributed by atoms with van der Waals surface area (Å²) in [6.07, 6.45) is 3.37. The Hall–Kier alpha value is -0.870. The average Bonchev–Trinajstić information content (AvgIpc) is 3.07. The Kier molecular flexibility index (Phi) is 3.16. The first-order valence-corrected chi connectivity index (χ1v) is 7.28. The van der Waals surface area contributed by atoms with E-state index in [1.54, 1.807) is 0 Å². The topological polar surface area (TPSA) is 32.3 Å². The summed E-state index contributed by atoms with van der Waals surface area (Å²) < 4.78 is 1.06. The van der Waals surface area contributed by atoms with Crippen LogP contribution >= 0.6 is 15.9 Å². The number of aryl methyl sites for hydroxylation is 1. The molecule has 3 nitrogen and oxygen atoms in total. The van der Waals surface area contributed by atoms with Crippen molar-refractivity contribution in [2.75, 3.05) is 11.4 Å². The Balaban J connectivity index is 1.78. The van der Waals surface area contributed by atoms with Crippen molar-refractivity contribution in [3.05, 3.63) is 28.2 Å². The van der Waals surface area contributed by atoms with Crippen LogP contribution in [0.3, 0.4) is 0 Å². The number of halogens is 1. The number of anilines is 1. The van der Waals surface area contributed by atoms with Gasteiger partial charge in [0.25, 0.3) is 0 Å². The van der Waals surface area contributed by atoms with Gasteiger partial charge in [-0.1, -0.05) is 15.9 Å². The van der Waals surface area contributed by atoms with Gasteiger partial charge < -0.3 is 10.2 Å². The predicted octanol–water partition coefficient (Wildman–Crippen LogP) is 2.61. The van der Waals surface area contributed by atoms with Crippen molar-refractivity contribution in [2.24, 2.45) is 0 Å². The summed E-state index contributed by atoms with van der Waals surface area (Å²) >= 11 is 3.46. The molecular weight excluding hydrogens is 292 g/mol. The van der Waals surface area contributed by atoms with Crippen LogP contribution in [0.1, 0.15) is 24.8 Å². The zero-order valence-electron chi connectivity index (χ0n) is 10.4. The Morgan fingerprint density at radius 3 is 2.78 bits per heavy atom. The molecule has 0 radical (unpaired) electrons. The van der Waals surface area contributed by atoms with Gasteiger partial charge in [-0.15, -0.1) is 0 Å². The summed E-state index contributed by atoms with van der Waals surface area (Å²) in [4.78, 5) is 14.3. The first-order valence-electron chi connectivity index (χ1n) is 6.49. The number of rotatable bonds is 3. The van der Waals surface area contributed by atoms with Gasteiger partial charge in [-0.25, -0.2) is 0 Å². The molecule has 0 spiro atoms. The van der Waals surface area contributed by atoms with Gasteiger partial charge >= 0.3 is 0 Å². The number of hydrogen-bond acceptors (Lipinski definition) is 2. The van der Waals surface area contributed by atoms with E-state index in [0.29, 0.717) is 6.04 Å². The Morgan fingerprint density at radius 2 is 2.11 bits per heavy atom. The van der Waals surface area contributed by atoms with E-state index in [4.69, 9.17) is 0 Å². The number of nitrogens with one attached hydrogen (secondary N) is 1. The van der Waals surface area contributed by atoms with Gasteiger partial charge in [0, 0.05) is 22.7 Å². The fourth-order valence-corrected chi connectivity index (χ4v) is 3.01. The molecule has 1 saturated heterocycles. The van der Waals surface area contributed by atoms with E-state index in [0.717, 1.165) is 28.7 Å². The largest absolute Gasteiger partial charge is 0.311 e. The third-order valence-electron chi connectivity index (χ3n) is 3.67. The van der Waals surface area contributed by atoms with E-state index in [1.165, 1.54) is 12.8 Å². The van der Waals surface area contributed by atoms with Crippen LogP contribution in [-0.2, 0) is 4.79 Å². The van der Waals surface area contributed by atoms with Crippen molar-refractivity contribution in [2.45, 2.75) is 38.3 Å². The van der Waals surface area contributed by atoms with Crippen molar-refractivity contribution >= 4 is 27.5 Å². The van der Waals surface area contributed by atoms with Crippen LogP contribution in [0, 0.1) is 6.92 Å². The maximum Gasteiger partial charge on any atom is 0.244 e. The van der Waals surface area contributed by atoms with Crippen molar-refractivity contribution in [1.82, 2.24) is 5.32 Å². The zero-order valence-corrected chi connectivity index (χ0v) is 12.0. The molecule has 1 aromatic rings. The summed E-state index contributed by atoms with van der Waals surface area (Å²) in [5.74, 6) is 0.229. The minimum absolute atomic E-state index is 0.0283. The summed E-state index contributed by atoms with van der Waals surface area (Å²) in [5.41, 5.74) is 2.19. The van der Waals surface area contributed by atoms with Gasteiger partial charge in [0.1, 0.15) is 0 Å². The van der Waals surface area contributed by atoms with Crippen molar-refractivity contribution in [3.8, 4) is 0 Å². The summed E-state index contributed by atoms with van der Waals surface area (Å²) in [5, 5.41) is 3.43. The molecule has 0 bridgehead atoms. The van der Waals surface area contributed by atoms with Crippen LogP contribution in [0.2, 0.25) is 0 Å². The first-order chi connectivity index (χ1) is 8.65. The van der Waals surface area contributed by atoms with Crippen molar-refractivity contribution in [1.29, 1.82) is 0 Å². The summed E-state index contributed by atoms with van der Waals surface area (Å²) in [6.45, 7) is 2.88. The second-order valence-electron chi connectivity index (χ2n) is 5.20. The molecule has 18 heavy (non-hydrogen) atoms. The van der Waals surface area contributed by atoms with Gasteiger partial charge in [-0.3, -0.25) is 4.79 Å². The van der Waals surface area contributed by atoms with Gasteiger partial charge in [0.2, 0.25) is 5.91 Å². The van der Waals surface area contributed by atoms with E-state index in [-0.39, 0.29) is 11.9 Å². The number of carbonyl (C=O) groups is 1. The van der Waals surface area contributed by atoms with E-state index < -0.39 is 0 Å². The van der Waals surface area contributed by atoms with E-state index >= 15 is 0 Å². The third kappa shape index (κ3) is 2.31. The van der Waals surface area contributed by atoms with Gasteiger partial charge in [-0.05, 0) is 49.9 Å². The lowest BCUT2D eigenvalue weighted by molar-refractivity contribution is -0.118. The normalized spacial score (nSPS) is 23.8. The van der Waals surface area contributed by atoms with Crippen LogP contribution in [0.25, 0.3) is 0 Å². The number of nitrogens with zero attached hydrogens (tertiary/aromatic N) is 1. The van der Waals surface area contributed by atoms with E-state index in [2.05, 4.69) is 34.2 Å². The van der Waals surface area contributed by atoms with Crippen LogP contribution in [0.15, 0.2) is 22.7 Å². The second kappa shape index (κ2) is 4.67. The molecule has 1 unspecified atom stereocenters. The van der Waals surface area contributed by atoms with Crippen LogP contribution in [0.4, 0.5) is 5.69 Å². The predicted molar refractivity (Wildman–Crippen MR) is 75.8 cm³/mol. The zero-order chi connectivity index (χ0) is 12.7. The molecule has 1 aliphatic carbocycles. The molecule has 1 N–H and O–H groups in total. The molecule has 1 aromatic carbocycles. The molecule has 1 amide bonds. The monoisotopic (exact) mass is 308 g/mol. The van der Waals surface area contributed by atoms with Gasteiger partial charge in [0.05, 0.1) is 6.04 Å². The highest BCUT2D eigenvalue weighted by Crippen LogP contribution is 2.29. The van der Waals surface area contributed by atoms with Crippen molar-refractivity contribution in [3.63, 3.8) is 0 Å². The molecule has 1 atom stereocenters. The minimum Gasteiger partial charge on any atom is -0.311 e. The fourth-order valence-electron chi connectivity index (χ4n) is 2.53. The van der Waals surface area contributed by atoms with E-state index in [1.807, 2.05) is 17.0 Å². The van der Waals surface area contributed by atoms with Crippen LogP contribution in [-0.4, -0.2) is 24.5 Å². The molecule has 0 aromatic heterocycles. The maximum absolute atomic E-state index is 12.4. The first kappa shape index (κ1) is 12.2. The molecule has 2 fully saturated rings. The molecule has 1 aliphatic heterocycles. The Bertz CT molecular complexity index is 485. The molecule has 3 rings (SSSR count). The Morgan fingerprint density at radius 1 is 1.33 bits per heavy atom. The molecule has 1 saturated carbocycles. The lowest BCUT2D eigenvalue weighted by atomic mass is 10.2. The number of benzene rings is 1. The maximum atomic E-state index is 12.4. The molecule has 1 heterocycles.